The summed E-state index contributed by atoms with van der Waals surface area (Å²) < 4.78 is 13.6. The van der Waals surface area contributed by atoms with E-state index in [1.807, 2.05) is 13.1 Å². The van der Waals surface area contributed by atoms with Crippen LogP contribution in [0, 0.1) is 0 Å². The smallest absolute Gasteiger partial charge is 0.184 e. The Labute approximate surface area is 166 Å². The first kappa shape index (κ1) is 18.9. The number of nitrogens with one attached hydrogen (secondary N) is 1. The van der Waals surface area contributed by atoms with E-state index in [9.17, 15) is 4.39 Å². The van der Waals surface area contributed by atoms with Crippen LogP contribution in [0.25, 0.3) is 5.57 Å². The Kier molecular flexibility index (Phi) is 6.13. The minimum Gasteiger partial charge on any atom is -0.365 e. The molecule has 2 aliphatic carbocycles. The number of hydrogen-bond acceptors (Lipinski definition) is 5. The summed E-state index contributed by atoms with van der Waals surface area (Å²) in [5, 5.41) is 5.41. The van der Waals surface area contributed by atoms with E-state index in [0.29, 0.717) is 6.42 Å². The van der Waals surface area contributed by atoms with Gasteiger partial charge in [-0.25, -0.2) is 9.37 Å². The number of aromatic nitrogens is 1. The van der Waals surface area contributed by atoms with Crippen molar-refractivity contribution in [3.8, 4) is 0 Å². The molecule has 0 spiro atoms. The number of piperazine rings is 1. The Hall–Kier alpha value is -1.40. The molecule has 1 saturated carbocycles. The van der Waals surface area contributed by atoms with Crippen LogP contribution in [-0.4, -0.2) is 49.2 Å². The molecule has 6 heteroatoms. The number of thiazole rings is 1. The van der Waals surface area contributed by atoms with Gasteiger partial charge >= 0.3 is 0 Å². The lowest BCUT2D eigenvalue weighted by Crippen LogP contribution is -2.50. The quantitative estimate of drug-likeness (QED) is 0.779. The van der Waals surface area contributed by atoms with Crippen LogP contribution in [0.15, 0.2) is 18.0 Å². The maximum absolute atomic E-state index is 13.6. The van der Waals surface area contributed by atoms with Crippen molar-refractivity contribution >= 4 is 27.0 Å². The third kappa shape index (κ3) is 4.37. The molecule has 0 unspecified atom stereocenters. The van der Waals surface area contributed by atoms with Crippen molar-refractivity contribution in [3.05, 3.63) is 23.7 Å². The fourth-order valence-electron chi connectivity index (χ4n) is 4.58. The van der Waals surface area contributed by atoms with Crippen LogP contribution in [0.5, 0.6) is 0 Å². The maximum atomic E-state index is 13.6. The molecule has 2 heterocycles. The third-order valence-electron chi connectivity index (χ3n) is 6.15. The molecule has 0 bridgehead atoms. The van der Waals surface area contributed by atoms with Gasteiger partial charge in [0.2, 0.25) is 0 Å². The molecule has 3 aliphatic rings. The minimum atomic E-state index is -0.0169. The summed E-state index contributed by atoms with van der Waals surface area (Å²) in [4.78, 5) is 10.0. The second-order valence-corrected chi connectivity index (χ2v) is 8.87. The summed E-state index contributed by atoms with van der Waals surface area (Å²) in [5.74, 6) is -0.0169. The molecule has 0 atom stereocenters. The summed E-state index contributed by atoms with van der Waals surface area (Å²) in [6, 6.07) is 0.798. The van der Waals surface area contributed by atoms with Crippen LogP contribution >= 0.6 is 11.3 Å². The predicted molar refractivity (Wildman–Crippen MR) is 113 cm³/mol. The highest BCUT2D eigenvalue weighted by atomic mass is 32.1. The van der Waals surface area contributed by atoms with Crippen LogP contribution in [0.2, 0.25) is 0 Å². The van der Waals surface area contributed by atoms with Gasteiger partial charge in [-0.05, 0) is 43.8 Å². The lowest BCUT2D eigenvalue weighted by atomic mass is 9.94. The minimum absolute atomic E-state index is 0.0169. The van der Waals surface area contributed by atoms with E-state index >= 15 is 0 Å². The first-order valence-corrected chi connectivity index (χ1v) is 11.3. The van der Waals surface area contributed by atoms with E-state index in [1.165, 1.54) is 42.7 Å². The van der Waals surface area contributed by atoms with E-state index in [0.717, 1.165) is 55.9 Å². The van der Waals surface area contributed by atoms with E-state index in [-0.39, 0.29) is 5.83 Å². The fourth-order valence-corrected chi connectivity index (χ4v) is 5.59. The zero-order chi connectivity index (χ0) is 18.6. The molecule has 0 aromatic carbocycles. The van der Waals surface area contributed by atoms with Gasteiger partial charge in [0.05, 0.1) is 5.83 Å². The average Bonchev–Trinajstić information content (AvgIpc) is 3.04. The van der Waals surface area contributed by atoms with E-state index in [2.05, 4.69) is 15.1 Å². The van der Waals surface area contributed by atoms with Gasteiger partial charge in [-0.1, -0.05) is 36.7 Å². The fraction of sp³-hybridized carbons (Fsp3) is 0.667. The molecule has 1 aromatic rings. The van der Waals surface area contributed by atoms with Crippen molar-refractivity contribution in [3.63, 3.8) is 0 Å². The molecule has 1 saturated heterocycles. The highest BCUT2D eigenvalue weighted by Crippen LogP contribution is 2.39. The predicted octanol–water partition coefficient (Wildman–Crippen LogP) is 5.06. The zero-order valence-corrected chi connectivity index (χ0v) is 17.2. The highest BCUT2D eigenvalue weighted by Gasteiger charge is 2.28. The molecular formula is C21H31FN4S. The first-order chi connectivity index (χ1) is 13.2. The molecule has 4 nitrogen and oxygen atoms in total. The largest absolute Gasteiger partial charge is 0.365 e. The summed E-state index contributed by atoms with van der Waals surface area (Å²) in [6.45, 7) is 4.41. The SMILES string of the molecule is CNc1nc(C2=CC=C(F)CCC2)c(N2CCN(C3CCCCC3)CC2)s1. The molecule has 4 rings (SSSR count). The third-order valence-corrected chi connectivity index (χ3v) is 7.28. The Morgan fingerprint density at radius 2 is 1.81 bits per heavy atom. The number of hydrogen-bond donors (Lipinski definition) is 1. The van der Waals surface area contributed by atoms with Gasteiger partial charge < -0.3 is 10.2 Å². The Morgan fingerprint density at radius 3 is 2.56 bits per heavy atom. The van der Waals surface area contributed by atoms with Crippen LogP contribution < -0.4 is 10.2 Å². The van der Waals surface area contributed by atoms with Gasteiger partial charge in [-0.2, -0.15) is 0 Å². The topological polar surface area (TPSA) is 31.4 Å². The molecule has 0 radical (unpaired) electrons. The van der Waals surface area contributed by atoms with Gasteiger partial charge in [0.15, 0.2) is 5.13 Å². The van der Waals surface area contributed by atoms with Gasteiger partial charge in [0.1, 0.15) is 10.7 Å². The Morgan fingerprint density at radius 1 is 1.04 bits per heavy atom. The molecule has 1 N–H and O–H groups in total. The number of rotatable bonds is 4. The van der Waals surface area contributed by atoms with Crippen molar-refractivity contribution in [2.75, 3.05) is 43.4 Å². The van der Waals surface area contributed by atoms with Crippen molar-refractivity contribution < 1.29 is 4.39 Å². The average molecular weight is 391 g/mol. The summed E-state index contributed by atoms with van der Waals surface area (Å²) in [6.07, 6.45) is 12.8. The van der Waals surface area contributed by atoms with Crippen molar-refractivity contribution in [1.82, 2.24) is 9.88 Å². The van der Waals surface area contributed by atoms with Crippen LogP contribution in [-0.2, 0) is 0 Å². The van der Waals surface area contributed by atoms with Crippen molar-refractivity contribution in [2.24, 2.45) is 0 Å². The molecule has 1 aliphatic heterocycles. The Balaban J connectivity index is 1.49. The molecule has 27 heavy (non-hydrogen) atoms. The standard InChI is InChI=1S/C21H31FN4S/c1-23-21-24-19(16-6-5-7-17(22)11-10-16)20(27-21)26-14-12-25(13-15-26)18-8-3-2-4-9-18/h10-11,18H,2-9,12-15H2,1H3,(H,23,24). The van der Waals surface area contributed by atoms with E-state index in [1.54, 1.807) is 17.4 Å². The van der Waals surface area contributed by atoms with Crippen LogP contribution in [0.4, 0.5) is 14.5 Å². The summed E-state index contributed by atoms with van der Waals surface area (Å²) >= 11 is 1.73. The molecular weight excluding hydrogens is 359 g/mol. The van der Waals surface area contributed by atoms with E-state index < -0.39 is 0 Å². The maximum Gasteiger partial charge on any atom is 0.184 e. The number of allylic oxidation sites excluding steroid dienone is 4. The second kappa shape index (κ2) is 8.74. The van der Waals surface area contributed by atoms with Gasteiger partial charge in [-0.15, -0.1) is 0 Å². The molecule has 2 fully saturated rings. The monoisotopic (exact) mass is 390 g/mol. The van der Waals surface area contributed by atoms with Crippen molar-refractivity contribution in [1.29, 1.82) is 0 Å². The lowest BCUT2D eigenvalue weighted by molar-refractivity contribution is 0.148. The van der Waals surface area contributed by atoms with Crippen LogP contribution in [0.3, 0.4) is 0 Å². The van der Waals surface area contributed by atoms with Crippen LogP contribution in [0.1, 0.15) is 57.1 Å². The normalized spacial score (nSPS) is 23.0. The van der Waals surface area contributed by atoms with Gasteiger partial charge in [0, 0.05) is 39.3 Å². The number of halogens is 1. The summed E-state index contributed by atoms with van der Waals surface area (Å²) in [5.41, 5.74) is 2.23. The molecule has 1 aromatic heterocycles. The molecule has 148 valence electrons. The Bertz CT molecular complexity index is 697. The first-order valence-electron chi connectivity index (χ1n) is 10.5. The summed E-state index contributed by atoms with van der Waals surface area (Å²) in [7, 11) is 1.93. The second-order valence-electron chi connectivity index (χ2n) is 7.90. The van der Waals surface area contributed by atoms with Gasteiger partial charge in [-0.3, -0.25) is 4.90 Å². The van der Waals surface area contributed by atoms with Gasteiger partial charge in [0.25, 0.3) is 0 Å². The lowest BCUT2D eigenvalue weighted by Gasteiger charge is -2.41. The number of anilines is 2. The number of nitrogens with zero attached hydrogens (tertiary/aromatic N) is 3. The van der Waals surface area contributed by atoms with Crippen molar-refractivity contribution in [2.45, 2.75) is 57.4 Å². The molecule has 0 amide bonds. The highest BCUT2D eigenvalue weighted by molar-refractivity contribution is 7.19. The van der Waals surface area contributed by atoms with E-state index in [4.69, 9.17) is 4.98 Å². The zero-order valence-electron chi connectivity index (χ0n) is 16.3.